The van der Waals surface area contributed by atoms with Crippen molar-refractivity contribution in [2.45, 2.75) is 12.2 Å². The van der Waals surface area contributed by atoms with Gasteiger partial charge in [-0.05, 0) is 6.92 Å². The molecule has 0 aliphatic rings. The summed E-state index contributed by atoms with van der Waals surface area (Å²) in [6.07, 6.45) is 1.89. The first-order valence-electron chi connectivity index (χ1n) is 3.08. The van der Waals surface area contributed by atoms with Crippen molar-refractivity contribution in [2.75, 3.05) is 14.1 Å². The summed E-state index contributed by atoms with van der Waals surface area (Å²) in [7, 11) is 3.90. The molecule has 0 saturated carbocycles. The fourth-order valence-corrected chi connectivity index (χ4v) is 1.39. The number of nitrogens with zero attached hydrogens (tertiary/aromatic N) is 1. The topological polar surface area (TPSA) is 3.24 Å². The maximum Gasteiger partial charge on any atom is 0.136 e. The van der Waals surface area contributed by atoms with E-state index in [2.05, 4.69) is 13.5 Å². The fourth-order valence-electron chi connectivity index (χ4n) is 0.313. The molecule has 0 rings (SSSR count). The SMILES string of the molecule is C=CC(C)SC(=S)N(C)C. The first-order chi connectivity index (χ1) is 4.57. The van der Waals surface area contributed by atoms with Gasteiger partial charge in [-0.3, -0.25) is 0 Å². The maximum absolute atomic E-state index is 5.06. The lowest BCUT2D eigenvalue weighted by molar-refractivity contribution is 0.648. The minimum atomic E-state index is 0.412. The first kappa shape index (κ1) is 9.98. The molecule has 0 aliphatic carbocycles. The molecule has 0 N–H and O–H groups in total. The Kier molecular flexibility index (Phi) is 4.73. The largest absolute Gasteiger partial charge is 0.364 e. The number of hydrogen-bond donors (Lipinski definition) is 0. The van der Waals surface area contributed by atoms with E-state index in [-0.39, 0.29) is 0 Å². The van der Waals surface area contributed by atoms with Gasteiger partial charge in [0, 0.05) is 19.3 Å². The molecule has 0 heterocycles. The Bertz CT molecular complexity index is 132. The van der Waals surface area contributed by atoms with E-state index in [9.17, 15) is 0 Å². The smallest absolute Gasteiger partial charge is 0.136 e. The summed E-state index contributed by atoms with van der Waals surface area (Å²) in [6, 6.07) is 0. The van der Waals surface area contributed by atoms with E-state index in [1.165, 1.54) is 0 Å². The number of thiocarbonyl (C=S) groups is 1. The van der Waals surface area contributed by atoms with E-state index in [0.717, 1.165) is 4.32 Å². The second-order valence-corrected chi connectivity index (χ2v) is 4.23. The highest BCUT2D eigenvalue weighted by atomic mass is 32.2. The Hall–Kier alpha value is -0.0200. The fraction of sp³-hybridized carbons (Fsp3) is 0.571. The normalized spacial score (nSPS) is 12.3. The van der Waals surface area contributed by atoms with Crippen molar-refractivity contribution in [3.05, 3.63) is 12.7 Å². The van der Waals surface area contributed by atoms with E-state index in [0.29, 0.717) is 5.25 Å². The highest BCUT2D eigenvalue weighted by Gasteiger charge is 2.03. The van der Waals surface area contributed by atoms with Crippen molar-refractivity contribution in [2.24, 2.45) is 0 Å². The zero-order valence-corrected chi connectivity index (χ0v) is 8.26. The quantitative estimate of drug-likeness (QED) is 0.467. The lowest BCUT2D eigenvalue weighted by atomic mass is 10.5. The van der Waals surface area contributed by atoms with Gasteiger partial charge in [-0.2, -0.15) is 0 Å². The lowest BCUT2D eigenvalue weighted by Crippen LogP contribution is -2.17. The van der Waals surface area contributed by atoms with Crippen LogP contribution in [-0.4, -0.2) is 28.6 Å². The van der Waals surface area contributed by atoms with Crippen LogP contribution in [0.5, 0.6) is 0 Å². The second-order valence-electron chi connectivity index (χ2n) is 2.22. The molecule has 0 aromatic carbocycles. The standard InChI is InChI=1S/C7H13NS2/c1-5-6(2)10-7(9)8(3)4/h5-6H,1H2,2-4H3. The Labute approximate surface area is 72.5 Å². The molecule has 0 bridgehead atoms. The third kappa shape index (κ3) is 3.90. The molecule has 0 fully saturated rings. The number of rotatable bonds is 2. The van der Waals surface area contributed by atoms with Crippen molar-refractivity contribution in [3.63, 3.8) is 0 Å². The van der Waals surface area contributed by atoms with Crippen molar-refractivity contribution in [1.82, 2.24) is 4.90 Å². The Morgan fingerprint density at radius 1 is 1.70 bits per heavy atom. The molecule has 0 aromatic heterocycles. The molecule has 0 saturated heterocycles. The molecule has 1 unspecified atom stereocenters. The molecule has 1 nitrogen and oxygen atoms in total. The van der Waals surface area contributed by atoms with Gasteiger partial charge in [0.05, 0.1) is 0 Å². The number of hydrogen-bond acceptors (Lipinski definition) is 2. The predicted molar refractivity (Wildman–Crippen MR) is 53.5 cm³/mol. The second kappa shape index (κ2) is 4.74. The monoisotopic (exact) mass is 175 g/mol. The van der Waals surface area contributed by atoms with Crippen LogP contribution >= 0.6 is 24.0 Å². The summed E-state index contributed by atoms with van der Waals surface area (Å²) < 4.78 is 0.910. The molecule has 58 valence electrons. The summed E-state index contributed by atoms with van der Waals surface area (Å²) in [6.45, 7) is 5.75. The minimum absolute atomic E-state index is 0.412. The van der Waals surface area contributed by atoms with Gasteiger partial charge in [0.1, 0.15) is 4.32 Å². The minimum Gasteiger partial charge on any atom is -0.364 e. The van der Waals surface area contributed by atoms with Crippen LogP contribution in [0.25, 0.3) is 0 Å². The van der Waals surface area contributed by atoms with Gasteiger partial charge in [-0.1, -0.05) is 30.1 Å². The predicted octanol–water partition coefficient (Wildman–Crippen LogP) is 2.14. The van der Waals surface area contributed by atoms with E-state index in [4.69, 9.17) is 12.2 Å². The third-order valence-corrected chi connectivity index (χ3v) is 2.77. The maximum atomic E-state index is 5.06. The molecule has 1 atom stereocenters. The zero-order chi connectivity index (χ0) is 8.15. The van der Waals surface area contributed by atoms with Gasteiger partial charge in [0.2, 0.25) is 0 Å². The van der Waals surface area contributed by atoms with Crippen molar-refractivity contribution >= 4 is 28.3 Å². The van der Waals surface area contributed by atoms with Crippen molar-refractivity contribution < 1.29 is 0 Å². The van der Waals surface area contributed by atoms with Crippen molar-refractivity contribution in [1.29, 1.82) is 0 Å². The van der Waals surface area contributed by atoms with E-state index >= 15 is 0 Å². The lowest BCUT2D eigenvalue weighted by Gasteiger charge is -2.14. The summed E-state index contributed by atoms with van der Waals surface area (Å²) in [5, 5.41) is 0.412. The molecule has 0 spiro atoms. The van der Waals surface area contributed by atoms with Crippen LogP contribution in [0.15, 0.2) is 12.7 Å². The van der Waals surface area contributed by atoms with Gasteiger partial charge in [0.25, 0.3) is 0 Å². The summed E-state index contributed by atoms with van der Waals surface area (Å²) in [5.41, 5.74) is 0. The number of thioether (sulfide) groups is 1. The Morgan fingerprint density at radius 3 is 2.50 bits per heavy atom. The third-order valence-electron chi connectivity index (χ3n) is 0.984. The Morgan fingerprint density at radius 2 is 2.20 bits per heavy atom. The van der Waals surface area contributed by atoms with Crippen LogP contribution < -0.4 is 0 Å². The summed E-state index contributed by atoms with van der Waals surface area (Å²) >= 11 is 6.71. The highest BCUT2D eigenvalue weighted by molar-refractivity contribution is 8.23. The van der Waals surface area contributed by atoms with Gasteiger partial charge >= 0.3 is 0 Å². The van der Waals surface area contributed by atoms with Crippen molar-refractivity contribution in [3.8, 4) is 0 Å². The van der Waals surface area contributed by atoms with Crippen LogP contribution in [0.3, 0.4) is 0 Å². The first-order valence-corrected chi connectivity index (χ1v) is 4.37. The summed E-state index contributed by atoms with van der Waals surface area (Å²) in [5.74, 6) is 0. The average molecular weight is 175 g/mol. The zero-order valence-electron chi connectivity index (χ0n) is 6.63. The molecule has 0 radical (unpaired) electrons. The van der Waals surface area contributed by atoms with E-state index < -0.39 is 0 Å². The van der Waals surface area contributed by atoms with Crippen LogP contribution in [0.2, 0.25) is 0 Å². The van der Waals surface area contributed by atoms with E-state index in [1.54, 1.807) is 11.8 Å². The molecule has 3 heteroatoms. The highest BCUT2D eigenvalue weighted by Crippen LogP contribution is 2.14. The molecule has 0 amide bonds. The van der Waals surface area contributed by atoms with Gasteiger partial charge in [-0.25, -0.2) is 0 Å². The van der Waals surface area contributed by atoms with Crippen LogP contribution in [0, 0.1) is 0 Å². The van der Waals surface area contributed by atoms with Gasteiger partial charge in [0.15, 0.2) is 0 Å². The Balaban J connectivity index is 3.68. The molecule has 10 heavy (non-hydrogen) atoms. The van der Waals surface area contributed by atoms with Crippen LogP contribution in [0.4, 0.5) is 0 Å². The van der Waals surface area contributed by atoms with Crippen LogP contribution in [0.1, 0.15) is 6.92 Å². The molecular weight excluding hydrogens is 162 g/mol. The molecule has 0 aromatic rings. The molecule has 0 aliphatic heterocycles. The molecular formula is C7H13NS2. The summed E-state index contributed by atoms with van der Waals surface area (Å²) in [4.78, 5) is 1.93. The van der Waals surface area contributed by atoms with Gasteiger partial charge in [-0.15, -0.1) is 6.58 Å². The van der Waals surface area contributed by atoms with E-state index in [1.807, 2.05) is 25.1 Å². The van der Waals surface area contributed by atoms with Crippen LogP contribution in [-0.2, 0) is 0 Å². The van der Waals surface area contributed by atoms with Gasteiger partial charge < -0.3 is 4.90 Å². The average Bonchev–Trinajstić information content (AvgIpc) is 1.87.